The molecule has 30 heavy (non-hydrogen) atoms. The Morgan fingerprint density at radius 3 is 2.37 bits per heavy atom. The van der Waals surface area contributed by atoms with Crippen LogP contribution in [0.15, 0.2) is 77.6 Å². The number of aromatic nitrogens is 2. The van der Waals surface area contributed by atoms with E-state index in [2.05, 4.69) is 22.6 Å². The average molecular weight is 516 g/mol. The van der Waals surface area contributed by atoms with Gasteiger partial charge in [0.15, 0.2) is 5.52 Å². The number of nitrogens with zero attached hydrogens (tertiary/aromatic N) is 3. The minimum atomic E-state index is -0.528. The van der Waals surface area contributed by atoms with Gasteiger partial charge in [-0.25, -0.2) is 0 Å². The van der Waals surface area contributed by atoms with E-state index in [1.807, 2.05) is 12.1 Å². The van der Waals surface area contributed by atoms with Gasteiger partial charge in [-0.2, -0.15) is 0 Å². The molecule has 0 amide bonds. The van der Waals surface area contributed by atoms with E-state index in [0.717, 1.165) is 13.0 Å². The molecule has 0 aliphatic heterocycles. The SMILES string of the molecule is O=c1c(-c2ccc(I)cc2)[n+](O)c2ccccc2n1OCc1ccc([N+](=O)[O-])cc1. The summed E-state index contributed by atoms with van der Waals surface area (Å²) in [4.78, 5) is 29.3. The number of hydrogen-bond donors (Lipinski definition) is 1. The Kier molecular flexibility index (Phi) is 5.36. The van der Waals surface area contributed by atoms with Crippen molar-refractivity contribution in [1.82, 2.24) is 4.73 Å². The molecule has 4 rings (SSSR count). The third-order valence-electron chi connectivity index (χ3n) is 4.55. The van der Waals surface area contributed by atoms with Crippen molar-refractivity contribution in [3.63, 3.8) is 0 Å². The molecule has 4 aromatic rings. The molecule has 0 saturated heterocycles. The first-order chi connectivity index (χ1) is 14.5. The summed E-state index contributed by atoms with van der Waals surface area (Å²) < 4.78 is 3.00. The van der Waals surface area contributed by atoms with Gasteiger partial charge in [0.1, 0.15) is 6.61 Å². The molecule has 0 radical (unpaired) electrons. The van der Waals surface area contributed by atoms with Gasteiger partial charge in [0, 0.05) is 26.5 Å². The van der Waals surface area contributed by atoms with Gasteiger partial charge in [0.2, 0.25) is 0 Å². The monoisotopic (exact) mass is 516 g/mol. The number of benzene rings is 3. The highest BCUT2D eigenvalue weighted by molar-refractivity contribution is 14.1. The fraction of sp³-hybridized carbons (Fsp3) is 0.0476. The Bertz CT molecular complexity index is 1300. The number of nitro benzene ring substituents is 1. The molecule has 1 aromatic heterocycles. The molecular weight excluding hydrogens is 501 g/mol. The van der Waals surface area contributed by atoms with Crippen LogP contribution in [0, 0.1) is 13.7 Å². The minimum Gasteiger partial charge on any atom is -0.405 e. The summed E-state index contributed by atoms with van der Waals surface area (Å²) in [6.45, 7) is 0.0173. The highest BCUT2D eigenvalue weighted by atomic mass is 127. The van der Waals surface area contributed by atoms with Gasteiger partial charge in [0.05, 0.1) is 10.5 Å². The fourth-order valence-corrected chi connectivity index (χ4v) is 3.43. The number of fused-ring (bicyclic) bond motifs is 1. The van der Waals surface area contributed by atoms with Crippen molar-refractivity contribution in [3.05, 3.63) is 102 Å². The zero-order chi connectivity index (χ0) is 21.3. The molecule has 150 valence electrons. The second-order valence-corrected chi connectivity index (χ2v) is 7.70. The molecule has 0 aliphatic rings. The first-order valence-electron chi connectivity index (χ1n) is 8.87. The van der Waals surface area contributed by atoms with Crippen LogP contribution in [0.2, 0.25) is 0 Å². The second-order valence-electron chi connectivity index (χ2n) is 6.45. The van der Waals surface area contributed by atoms with Crippen LogP contribution in [0.25, 0.3) is 22.3 Å². The Balaban J connectivity index is 1.79. The van der Waals surface area contributed by atoms with Gasteiger partial charge in [-0.3, -0.25) is 20.1 Å². The van der Waals surface area contributed by atoms with E-state index in [4.69, 9.17) is 4.84 Å². The van der Waals surface area contributed by atoms with E-state index in [9.17, 15) is 20.1 Å². The molecule has 9 heteroatoms. The molecule has 8 nitrogen and oxygen atoms in total. The smallest absolute Gasteiger partial charge is 0.361 e. The molecule has 3 aromatic carbocycles. The van der Waals surface area contributed by atoms with Gasteiger partial charge < -0.3 is 4.84 Å². The third-order valence-corrected chi connectivity index (χ3v) is 5.27. The average Bonchev–Trinajstić information content (AvgIpc) is 2.75. The molecule has 1 heterocycles. The summed E-state index contributed by atoms with van der Waals surface area (Å²) in [6, 6.07) is 19.9. The summed E-state index contributed by atoms with van der Waals surface area (Å²) in [7, 11) is 0. The molecule has 0 unspecified atom stereocenters. The lowest BCUT2D eigenvalue weighted by molar-refractivity contribution is -0.876. The Labute approximate surface area is 183 Å². The summed E-state index contributed by atoms with van der Waals surface area (Å²) >= 11 is 2.16. The third kappa shape index (κ3) is 3.71. The molecule has 0 saturated carbocycles. The van der Waals surface area contributed by atoms with Crippen LogP contribution in [0.5, 0.6) is 0 Å². The standard InChI is InChI=1S/C21H15IN3O5/c22-16-9-7-15(8-10-16)20-21(26)24(19-4-2-1-3-18(19)23(20)27)30-13-14-5-11-17(12-6-14)25(28)29/h1-12,27H,13H2/q+1. The molecule has 0 fully saturated rings. The molecule has 1 N–H and O–H groups in total. The van der Waals surface area contributed by atoms with Gasteiger partial charge in [-0.1, -0.05) is 12.1 Å². The lowest BCUT2D eigenvalue weighted by Gasteiger charge is -2.11. The first-order valence-corrected chi connectivity index (χ1v) is 9.95. The van der Waals surface area contributed by atoms with Crippen LogP contribution in [0.4, 0.5) is 5.69 Å². The van der Waals surface area contributed by atoms with Gasteiger partial charge in [-0.15, -0.1) is 4.73 Å². The summed E-state index contributed by atoms with van der Waals surface area (Å²) in [5.41, 5.74) is 1.50. The van der Waals surface area contributed by atoms with Gasteiger partial charge >= 0.3 is 11.3 Å². The van der Waals surface area contributed by atoms with Crippen LogP contribution < -0.4 is 15.1 Å². The Hall–Kier alpha value is -3.47. The maximum atomic E-state index is 13.2. The highest BCUT2D eigenvalue weighted by Gasteiger charge is 2.27. The molecular formula is C21H15IN3O5+. The van der Waals surface area contributed by atoms with Crippen molar-refractivity contribution in [1.29, 1.82) is 0 Å². The van der Waals surface area contributed by atoms with Crippen LogP contribution in [-0.2, 0) is 6.61 Å². The van der Waals surface area contributed by atoms with Crippen molar-refractivity contribution in [2.24, 2.45) is 0 Å². The van der Waals surface area contributed by atoms with Crippen molar-refractivity contribution in [2.45, 2.75) is 6.61 Å². The van der Waals surface area contributed by atoms with Gasteiger partial charge in [0.25, 0.3) is 11.2 Å². The number of nitro groups is 1. The predicted octanol–water partition coefficient (Wildman–Crippen LogP) is 3.33. The quantitative estimate of drug-likeness (QED) is 0.144. The summed E-state index contributed by atoms with van der Waals surface area (Å²) in [6.07, 6.45) is 0. The first kappa shape index (κ1) is 19.8. The molecule has 0 bridgehead atoms. The van der Waals surface area contributed by atoms with E-state index in [1.54, 1.807) is 48.5 Å². The van der Waals surface area contributed by atoms with Crippen molar-refractivity contribution in [2.75, 3.05) is 0 Å². The molecule has 0 spiro atoms. The van der Waals surface area contributed by atoms with Crippen LogP contribution in [0.1, 0.15) is 5.56 Å². The summed E-state index contributed by atoms with van der Waals surface area (Å²) in [5.74, 6) is 0. The normalized spacial score (nSPS) is 10.8. The van der Waals surface area contributed by atoms with E-state index >= 15 is 0 Å². The maximum Gasteiger partial charge on any atom is 0.361 e. The lowest BCUT2D eigenvalue weighted by atomic mass is 10.1. The summed E-state index contributed by atoms with van der Waals surface area (Å²) in [5, 5.41) is 21.5. The predicted molar refractivity (Wildman–Crippen MR) is 117 cm³/mol. The van der Waals surface area contributed by atoms with E-state index < -0.39 is 10.5 Å². The molecule has 0 aliphatic carbocycles. The number of para-hydroxylation sites is 2. The fourth-order valence-electron chi connectivity index (χ4n) is 3.07. The van der Waals surface area contributed by atoms with E-state index in [0.29, 0.717) is 22.2 Å². The highest BCUT2D eigenvalue weighted by Crippen LogP contribution is 2.17. The van der Waals surface area contributed by atoms with E-state index in [-0.39, 0.29) is 18.0 Å². The minimum absolute atomic E-state index is 0.0173. The number of halogens is 1. The van der Waals surface area contributed by atoms with Crippen molar-refractivity contribution < 1.29 is 19.7 Å². The topological polar surface area (TPSA) is 98.5 Å². The van der Waals surface area contributed by atoms with Crippen molar-refractivity contribution >= 4 is 39.3 Å². The number of non-ortho nitro benzene ring substituents is 1. The number of hydrogen-bond acceptors (Lipinski definition) is 5. The zero-order valence-electron chi connectivity index (χ0n) is 15.4. The largest absolute Gasteiger partial charge is 0.405 e. The Morgan fingerprint density at radius 1 is 1.03 bits per heavy atom. The maximum absolute atomic E-state index is 13.2. The lowest BCUT2D eigenvalue weighted by Crippen LogP contribution is -2.44. The Morgan fingerprint density at radius 2 is 1.70 bits per heavy atom. The van der Waals surface area contributed by atoms with Crippen LogP contribution in [0.3, 0.4) is 0 Å². The van der Waals surface area contributed by atoms with Crippen molar-refractivity contribution in [3.8, 4) is 11.3 Å². The number of rotatable bonds is 5. The van der Waals surface area contributed by atoms with E-state index in [1.165, 1.54) is 12.1 Å². The van der Waals surface area contributed by atoms with Crippen LogP contribution >= 0.6 is 22.6 Å². The molecule has 0 atom stereocenters. The van der Waals surface area contributed by atoms with Gasteiger partial charge in [-0.05, 0) is 70.6 Å². The zero-order valence-corrected chi connectivity index (χ0v) is 17.6. The van der Waals surface area contributed by atoms with Crippen LogP contribution in [-0.4, -0.2) is 14.9 Å². The second kappa shape index (κ2) is 8.11.